The third kappa shape index (κ3) is 7.58. The van der Waals surface area contributed by atoms with Gasteiger partial charge in [0.1, 0.15) is 17.1 Å². The van der Waals surface area contributed by atoms with Gasteiger partial charge in [-0.1, -0.05) is 104 Å². The van der Waals surface area contributed by atoms with Crippen molar-refractivity contribution >= 4 is 38.4 Å². The number of ketones is 1. The number of rotatable bonds is 8. The van der Waals surface area contributed by atoms with E-state index >= 15 is 0 Å². The number of aliphatic hydroxyl groups excluding tert-OH is 1. The summed E-state index contributed by atoms with van der Waals surface area (Å²) < 4.78 is 6.21. The standard InChI is InChI=1S/C27H24NO.C15H28O2.Ir/c1-16-17(2)29-26-21-12-8-9-13-23(21)28-25(24(16)26)19-14-18-10-6-7-11-20(18)22(15-19)27(3,4)5;1-7-14(5,8-2)12(16)11-13(17)15(6,9-3)10-4;/h6-13,15H,1-5H3;11,16H,7-10H2,1-6H3;/q-1;;/b;12-11-;. The number of allylic oxidation sites excluding steroid dienone is 2. The molecule has 0 saturated heterocycles. The number of aryl methyl sites for hydroxylation is 2. The molecule has 0 spiro atoms. The summed E-state index contributed by atoms with van der Waals surface area (Å²) in [5.74, 6) is 1.23. The first-order chi connectivity index (χ1) is 21.6. The van der Waals surface area contributed by atoms with Gasteiger partial charge in [-0.15, -0.1) is 29.1 Å². The number of fused-ring (bicyclic) bond motifs is 4. The van der Waals surface area contributed by atoms with Gasteiger partial charge < -0.3 is 9.52 Å². The van der Waals surface area contributed by atoms with Crippen LogP contribution in [0.1, 0.15) is 105 Å². The molecule has 2 aromatic heterocycles. The zero-order chi connectivity index (χ0) is 34.0. The Balaban J connectivity index is 0.000000290. The van der Waals surface area contributed by atoms with Crippen LogP contribution in [0.25, 0.3) is 43.9 Å². The van der Waals surface area contributed by atoms with E-state index in [0.717, 1.165) is 75.5 Å². The zero-order valence-electron chi connectivity index (χ0n) is 30.1. The molecule has 2 heterocycles. The predicted molar refractivity (Wildman–Crippen MR) is 195 cm³/mol. The molecule has 4 nitrogen and oxygen atoms in total. The van der Waals surface area contributed by atoms with Crippen molar-refractivity contribution in [3.63, 3.8) is 0 Å². The van der Waals surface area contributed by atoms with E-state index in [1.807, 2.05) is 60.6 Å². The molecule has 3 aromatic carbocycles. The van der Waals surface area contributed by atoms with Gasteiger partial charge in [-0.05, 0) is 62.6 Å². The van der Waals surface area contributed by atoms with Crippen LogP contribution in [0, 0.1) is 30.7 Å². The van der Waals surface area contributed by atoms with Crippen molar-refractivity contribution in [1.29, 1.82) is 0 Å². The van der Waals surface area contributed by atoms with Gasteiger partial charge in [0.25, 0.3) is 0 Å². The van der Waals surface area contributed by atoms with Crippen molar-refractivity contribution in [2.75, 3.05) is 0 Å². The van der Waals surface area contributed by atoms with Gasteiger partial charge in [-0.3, -0.25) is 9.78 Å². The van der Waals surface area contributed by atoms with E-state index in [1.54, 1.807) is 0 Å². The van der Waals surface area contributed by atoms with Gasteiger partial charge in [0.05, 0.1) is 5.52 Å². The minimum absolute atomic E-state index is 0. The molecule has 0 unspecified atom stereocenters. The second-order valence-electron chi connectivity index (χ2n) is 14.3. The number of furan rings is 1. The number of nitrogens with zero attached hydrogens (tertiary/aromatic N) is 1. The maximum Gasteiger partial charge on any atom is 0.164 e. The van der Waals surface area contributed by atoms with Crippen LogP contribution in [0.5, 0.6) is 0 Å². The minimum atomic E-state index is -0.337. The van der Waals surface area contributed by atoms with E-state index in [1.165, 1.54) is 17.0 Å². The molecule has 5 aromatic rings. The molecule has 0 atom stereocenters. The van der Waals surface area contributed by atoms with Crippen LogP contribution in [0.2, 0.25) is 0 Å². The topological polar surface area (TPSA) is 63.3 Å². The third-order valence-corrected chi connectivity index (χ3v) is 10.4. The summed E-state index contributed by atoms with van der Waals surface area (Å²) in [6.45, 7) is 23.0. The van der Waals surface area contributed by atoms with Crippen LogP contribution in [0.3, 0.4) is 0 Å². The number of benzene rings is 3. The van der Waals surface area contributed by atoms with Crippen LogP contribution in [-0.4, -0.2) is 15.9 Å². The van der Waals surface area contributed by atoms with E-state index in [9.17, 15) is 9.90 Å². The average molecular weight is 811 g/mol. The Labute approximate surface area is 295 Å². The second-order valence-corrected chi connectivity index (χ2v) is 14.3. The van der Waals surface area contributed by atoms with Crippen molar-refractivity contribution in [1.82, 2.24) is 4.98 Å². The van der Waals surface area contributed by atoms with Crippen LogP contribution in [0.4, 0.5) is 0 Å². The van der Waals surface area contributed by atoms with Crippen molar-refractivity contribution in [3.05, 3.63) is 89.4 Å². The van der Waals surface area contributed by atoms with Crippen LogP contribution < -0.4 is 0 Å². The molecule has 0 fully saturated rings. The smallest absolute Gasteiger partial charge is 0.164 e. The van der Waals surface area contributed by atoms with Crippen LogP contribution >= 0.6 is 0 Å². The fourth-order valence-electron chi connectivity index (χ4n) is 5.90. The first-order valence-electron chi connectivity index (χ1n) is 16.8. The SMILES string of the molecule is CCC(C)(CC)C(=O)/C=C(\O)C(C)(CC)CC.Cc1oc2c(c(-c3[c-]c4ccccc4c(C(C)(C)C)c3)nc3ccccc32)c1C.[Ir]. The van der Waals surface area contributed by atoms with Gasteiger partial charge in [0.15, 0.2) is 5.78 Å². The van der Waals surface area contributed by atoms with Gasteiger partial charge in [0, 0.05) is 53.5 Å². The summed E-state index contributed by atoms with van der Waals surface area (Å²) in [6.07, 6.45) is 4.75. The van der Waals surface area contributed by atoms with Gasteiger partial charge in [0.2, 0.25) is 0 Å². The Hall–Kier alpha value is -3.27. The summed E-state index contributed by atoms with van der Waals surface area (Å²) in [7, 11) is 0. The molecule has 1 radical (unpaired) electrons. The normalized spacial score (nSPS) is 12.6. The third-order valence-electron chi connectivity index (χ3n) is 10.4. The number of carbonyl (C=O) groups is 1. The monoisotopic (exact) mass is 811 g/mol. The van der Waals surface area contributed by atoms with Crippen molar-refractivity contribution in [3.8, 4) is 11.3 Å². The molecule has 0 amide bonds. The summed E-state index contributed by atoms with van der Waals surface area (Å²) in [6, 6.07) is 22.6. The Morgan fingerprint density at radius 3 is 1.98 bits per heavy atom. The van der Waals surface area contributed by atoms with E-state index in [4.69, 9.17) is 9.40 Å². The van der Waals surface area contributed by atoms with Gasteiger partial charge in [-0.25, -0.2) is 0 Å². The minimum Gasteiger partial charge on any atom is -0.512 e. The first kappa shape index (κ1) is 38.2. The van der Waals surface area contributed by atoms with Gasteiger partial charge in [-0.2, -0.15) is 0 Å². The Bertz CT molecular complexity index is 1900. The summed E-state index contributed by atoms with van der Waals surface area (Å²) >= 11 is 0. The molecule has 253 valence electrons. The molecule has 0 aliphatic carbocycles. The maximum absolute atomic E-state index is 12.2. The Morgan fingerprint density at radius 2 is 1.40 bits per heavy atom. The summed E-state index contributed by atoms with van der Waals surface area (Å²) in [4.78, 5) is 17.3. The van der Waals surface area contributed by atoms with E-state index < -0.39 is 0 Å². The molecule has 0 aliphatic heterocycles. The number of carbonyl (C=O) groups excluding carboxylic acids is 1. The average Bonchev–Trinajstić information content (AvgIpc) is 3.36. The Kier molecular flexibility index (Phi) is 12.1. The maximum atomic E-state index is 12.2. The van der Waals surface area contributed by atoms with E-state index in [-0.39, 0.29) is 47.9 Å². The molecule has 5 heteroatoms. The quantitative estimate of drug-likeness (QED) is 0.0963. The second kappa shape index (κ2) is 14.9. The van der Waals surface area contributed by atoms with Gasteiger partial charge >= 0.3 is 0 Å². The summed E-state index contributed by atoms with van der Waals surface area (Å²) in [5.41, 5.74) is 5.70. The fraction of sp³-hybridized carbons (Fsp3) is 0.429. The number of aliphatic hydroxyl groups is 1. The van der Waals surface area contributed by atoms with E-state index in [2.05, 4.69) is 76.2 Å². The molecule has 47 heavy (non-hydrogen) atoms. The zero-order valence-corrected chi connectivity index (χ0v) is 32.5. The number of pyridine rings is 1. The molecule has 1 N–H and O–H groups in total. The molecule has 5 rings (SSSR count). The van der Waals surface area contributed by atoms with Crippen molar-refractivity contribution < 1.29 is 34.4 Å². The van der Waals surface area contributed by atoms with Crippen molar-refractivity contribution in [2.45, 2.75) is 107 Å². The number of hydrogen-bond donors (Lipinski definition) is 1. The van der Waals surface area contributed by atoms with Crippen molar-refractivity contribution in [2.24, 2.45) is 10.8 Å². The number of aromatic nitrogens is 1. The van der Waals surface area contributed by atoms with Crippen LogP contribution in [0.15, 0.2) is 70.8 Å². The van der Waals surface area contributed by atoms with E-state index in [0.29, 0.717) is 0 Å². The van der Waals surface area contributed by atoms with Crippen LogP contribution in [-0.2, 0) is 30.3 Å². The molecule has 0 aliphatic rings. The largest absolute Gasteiger partial charge is 0.512 e. The first-order valence-corrected chi connectivity index (χ1v) is 16.8. The molecule has 0 saturated carbocycles. The fourth-order valence-corrected chi connectivity index (χ4v) is 5.90. The molecule has 0 bridgehead atoms. The summed E-state index contributed by atoms with van der Waals surface area (Å²) in [5, 5.41) is 14.7. The Morgan fingerprint density at radius 1 is 0.851 bits per heavy atom. The molecular formula is C42H52IrNO3-. The number of para-hydroxylation sites is 1. The predicted octanol–water partition coefficient (Wildman–Crippen LogP) is 12.2. The number of hydrogen-bond acceptors (Lipinski definition) is 4. The molecular weight excluding hydrogens is 759 g/mol.